The molecule has 0 N–H and O–H groups in total. The molecule has 3 aromatic rings. The molecule has 0 saturated heterocycles. The molecule has 0 bridgehead atoms. The van der Waals surface area contributed by atoms with Gasteiger partial charge in [-0.3, -0.25) is 0 Å². The van der Waals surface area contributed by atoms with E-state index in [1.807, 2.05) is 66.9 Å². The normalized spacial score (nSPS) is 10.5. The number of benzene rings is 2. The van der Waals surface area contributed by atoms with Gasteiger partial charge >= 0.3 is 0 Å². The Morgan fingerprint density at radius 3 is 2.52 bits per heavy atom. The first-order valence-electron chi connectivity index (χ1n) is 8.03. The zero-order valence-electron chi connectivity index (χ0n) is 14.5. The average molecular weight is 334 g/mol. The highest BCUT2D eigenvalue weighted by Crippen LogP contribution is 2.25. The molecular formula is C20H19FN4. The molecule has 0 atom stereocenters. The number of rotatable bonds is 4. The Labute approximate surface area is 146 Å². The lowest BCUT2D eigenvalue weighted by molar-refractivity contribution is 0.623. The molecule has 5 heteroatoms. The van der Waals surface area contributed by atoms with Gasteiger partial charge in [-0.05, 0) is 38.1 Å². The molecule has 0 aliphatic rings. The van der Waals surface area contributed by atoms with E-state index in [4.69, 9.17) is 0 Å². The van der Waals surface area contributed by atoms with Gasteiger partial charge < -0.3 is 4.90 Å². The quantitative estimate of drug-likeness (QED) is 0.720. The summed E-state index contributed by atoms with van der Waals surface area (Å²) in [6, 6.07) is 16.6. The lowest BCUT2D eigenvalue weighted by Gasteiger charge is -2.21. The number of para-hydroxylation sites is 1. The van der Waals surface area contributed by atoms with Crippen LogP contribution in [0.2, 0.25) is 0 Å². The van der Waals surface area contributed by atoms with Gasteiger partial charge in [0.25, 0.3) is 0 Å². The molecular weight excluding hydrogens is 315 g/mol. The first-order valence-corrected chi connectivity index (χ1v) is 8.03. The number of aryl methyl sites for hydroxylation is 1. The zero-order chi connectivity index (χ0) is 18.0. The predicted molar refractivity (Wildman–Crippen MR) is 96.3 cm³/mol. The molecule has 0 aliphatic carbocycles. The largest absolute Gasteiger partial charge is 0.369 e. The Morgan fingerprint density at radius 2 is 1.84 bits per heavy atom. The monoisotopic (exact) mass is 334 g/mol. The molecule has 25 heavy (non-hydrogen) atoms. The Hall–Kier alpha value is -3.13. The first kappa shape index (κ1) is 16.7. The summed E-state index contributed by atoms with van der Waals surface area (Å²) in [7, 11) is 1.86. The van der Waals surface area contributed by atoms with Crippen molar-refractivity contribution >= 4 is 5.69 Å². The molecule has 0 radical (unpaired) electrons. The van der Waals surface area contributed by atoms with E-state index in [2.05, 4.69) is 5.10 Å². The summed E-state index contributed by atoms with van der Waals surface area (Å²) < 4.78 is 15.8. The van der Waals surface area contributed by atoms with Gasteiger partial charge in [-0.2, -0.15) is 10.4 Å². The standard InChI is InChI=1S/C20H19FN4/c1-14-18(15(2)25(23-14)16-8-5-4-6-9-16)13-24(3)20-11-7-10-19(21)17(20)12-22/h4-11H,13H2,1-3H3. The van der Waals surface area contributed by atoms with Crippen LogP contribution in [0.4, 0.5) is 10.1 Å². The molecule has 3 rings (SSSR count). The lowest BCUT2D eigenvalue weighted by Crippen LogP contribution is -2.19. The van der Waals surface area contributed by atoms with Crippen LogP contribution >= 0.6 is 0 Å². The van der Waals surface area contributed by atoms with E-state index in [1.54, 1.807) is 12.1 Å². The van der Waals surface area contributed by atoms with Crippen LogP contribution < -0.4 is 4.90 Å². The molecule has 126 valence electrons. The number of nitrogens with zero attached hydrogens (tertiary/aromatic N) is 4. The minimum Gasteiger partial charge on any atom is -0.369 e. The number of hydrogen-bond donors (Lipinski definition) is 0. The smallest absolute Gasteiger partial charge is 0.143 e. The highest BCUT2D eigenvalue weighted by molar-refractivity contribution is 5.59. The molecule has 1 heterocycles. The Bertz CT molecular complexity index is 938. The van der Waals surface area contributed by atoms with E-state index in [9.17, 15) is 9.65 Å². The van der Waals surface area contributed by atoms with Crippen LogP contribution in [0.15, 0.2) is 48.5 Å². The van der Waals surface area contributed by atoms with E-state index >= 15 is 0 Å². The average Bonchev–Trinajstić information content (AvgIpc) is 2.90. The maximum Gasteiger partial charge on any atom is 0.143 e. The van der Waals surface area contributed by atoms with E-state index in [0.29, 0.717) is 12.2 Å². The third-order valence-corrected chi connectivity index (χ3v) is 4.35. The molecule has 4 nitrogen and oxygen atoms in total. The maximum atomic E-state index is 13.9. The lowest BCUT2D eigenvalue weighted by atomic mass is 10.1. The van der Waals surface area contributed by atoms with Gasteiger partial charge in [0.05, 0.1) is 17.1 Å². The van der Waals surface area contributed by atoms with Crippen molar-refractivity contribution in [2.24, 2.45) is 0 Å². The number of hydrogen-bond acceptors (Lipinski definition) is 3. The van der Waals surface area contributed by atoms with Crippen LogP contribution in [-0.2, 0) is 6.54 Å². The summed E-state index contributed by atoms with van der Waals surface area (Å²) in [6.45, 7) is 4.53. The third-order valence-electron chi connectivity index (χ3n) is 4.35. The van der Waals surface area contributed by atoms with Crippen LogP contribution in [0.5, 0.6) is 0 Å². The molecule has 0 saturated carbocycles. The SMILES string of the molecule is Cc1nn(-c2ccccc2)c(C)c1CN(C)c1cccc(F)c1C#N. The summed E-state index contributed by atoms with van der Waals surface area (Å²) in [5, 5.41) is 13.9. The zero-order valence-corrected chi connectivity index (χ0v) is 14.5. The second-order valence-electron chi connectivity index (χ2n) is 6.00. The fourth-order valence-electron chi connectivity index (χ4n) is 2.99. The number of halogens is 1. The fraction of sp³-hybridized carbons (Fsp3) is 0.200. The van der Waals surface area contributed by atoms with Crippen molar-refractivity contribution in [2.75, 3.05) is 11.9 Å². The molecule has 0 spiro atoms. The Balaban J connectivity index is 1.96. The number of nitriles is 1. The van der Waals surface area contributed by atoms with Crippen molar-refractivity contribution in [2.45, 2.75) is 20.4 Å². The van der Waals surface area contributed by atoms with Crippen LogP contribution in [0.3, 0.4) is 0 Å². The van der Waals surface area contributed by atoms with Crippen LogP contribution in [0, 0.1) is 31.0 Å². The van der Waals surface area contributed by atoms with Crippen molar-refractivity contribution in [1.82, 2.24) is 9.78 Å². The second kappa shape index (κ2) is 6.78. The third kappa shape index (κ3) is 3.11. The molecule has 0 unspecified atom stereocenters. The van der Waals surface area contributed by atoms with Crippen molar-refractivity contribution in [3.8, 4) is 11.8 Å². The summed E-state index contributed by atoms with van der Waals surface area (Å²) in [5.41, 5.74) is 4.66. The van der Waals surface area contributed by atoms with Gasteiger partial charge in [0, 0.05) is 24.8 Å². The second-order valence-corrected chi connectivity index (χ2v) is 6.00. The molecule has 0 aliphatic heterocycles. The van der Waals surface area contributed by atoms with E-state index in [1.165, 1.54) is 6.07 Å². The van der Waals surface area contributed by atoms with Crippen LogP contribution in [0.25, 0.3) is 5.69 Å². The molecule has 1 aromatic heterocycles. The van der Waals surface area contributed by atoms with Gasteiger partial charge in [-0.15, -0.1) is 0 Å². The van der Waals surface area contributed by atoms with Crippen LogP contribution in [0.1, 0.15) is 22.5 Å². The number of anilines is 1. The van der Waals surface area contributed by atoms with Gasteiger partial charge in [0.1, 0.15) is 17.4 Å². The van der Waals surface area contributed by atoms with Crippen molar-refractivity contribution in [1.29, 1.82) is 5.26 Å². The van der Waals surface area contributed by atoms with Gasteiger partial charge in [0.2, 0.25) is 0 Å². The van der Waals surface area contributed by atoms with E-state index in [-0.39, 0.29) is 5.56 Å². The highest BCUT2D eigenvalue weighted by atomic mass is 19.1. The van der Waals surface area contributed by atoms with Crippen molar-refractivity contribution in [3.05, 3.63) is 76.9 Å². The van der Waals surface area contributed by atoms with Gasteiger partial charge in [-0.25, -0.2) is 9.07 Å². The summed E-state index contributed by atoms with van der Waals surface area (Å²) in [5.74, 6) is -0.500. The summed E-state index contributed by atoms with van der Waals surface area (Å²) in [6.07, 6.45) is 0. The minimum absolute atomic E-state index is 0.0655. The topological polar surface area (TPSA) is 44.9 Å². The molecule has 0 amide bonds. The summed E-state index contributed by atoms with van der Waals surface area (Å²) >= 11 is 0. The Kier molecular flexibility index (Phi) is 4.53. The minimum atomic E-state index is -0.500. The fourth-order valence-corrected chi connectivity index (χ4v) is 2.99. The van der Waals surface area contributed by atoms with Crippen molar-refractivity contribution in [3.63, 3.8) is 0 Å². The van der Waals surface area contributed by atoms with Gasteiger partial charge in [-0.1, -0.05) is 24.3 Å². The maximum absolute atomic E-state index is 13.9. The predicted octanol–water partition coefficient (Wildman–Crippen LogP) is 4.14. The molecule has 0 fully saturated rings. The summed E-state index contributed by atoms with van der Waals surface area (Å²) in [4.78, 5) is 1.88. The molecule has 2 aromatic carbocycles. The van der Waals surface area contributed by atoms with E-state index < -0.39 is 5.82 Å². The Morgan fingerprint density at radius 1 is 1.12 bits per heavy atom. The van der Waals surface area contributed by atoms with E-state index in [0.717, 1.165) is 22.6 Å². The van der Waals surface area contributed by atoms with Gasteiger partial charge in [0.15, 0.2) is 0 Å². The van der Waals surface area contributed by atoms with Crippen LogP contribution in [-0.4, -0.2) is 16.8 Å². The highest BCUT2D eigenvalue weighted by Gasteiger charge is 2.17. The first-order chi connectivity index (χ1) is 12.0. The van der Waals surface area contributed by atoms with Crippen molar-refractivity contribution < 1.29 is 4.39 Å². The number of aromatic nitrogens is 2.